The molecule has 1 aliphatic rings. The third kappa shape index (κ3) is 0.881. The van der Waals surface area contributed by atoms with Gasteiger partial charge in [-0.25, -0.2) is 0 Å². The van der Waals surface area contributed by atoms with E-state index in [1.165, 1.54) is 5.57 Å². The summed E-state index contributed by atoms with van der Waals surface area (Å²) in [6, 6.07) is 5.54. The van der Waals surface area contributed by atoms with Gasteiger partial charge in [-0.2, -0.15) is 0 Å². The molecule has 0 radical (unpaired) electrons. The van der Waals surface area contributed by atoms with Crippen LogP contribution in [0.15, 0.2) is 24.3 Å². The van der Waals surface area contributed by atoms with Crippen molar-refractivity contribution in [1.82, 2.24) is 0 Å². The van der Waals surface area contributed by atoms with Gasteiger partial charge in [0, 0.05) is 17.8 Å². The van der Waals surface area contributed by atoms with E-state index in [2.05, 4.69) is 5.32 Å². The molecule has 0 aliphatic carbocycles. The molecule has 1 aromatic carbocycles. The molecule has 0 bridgehead atoms. The summed E-state index contributed by atoms with van der Waals surface area (Å²) < 4.78 is 0. The quantitative estimate of drug-likeness (QED) is 0.611. The highest BCUT2D eigenvalue weighted by atomic mass is 16.3. The lowest BCUT2D eigenvalue weighted by Crippen LogP contribution is -1.90. The first-order valence-corrected chi connectivity index (χ1v) is 4.04. The minimum atomic E-state index is 0.366. The van der Waals surface area contributed by atoms with Crippen LogP contribution in [-0.2, 0) is 0 Å². The molecule has 0 fully saturated rings. The Balaban J connectivity index is 2.63. The molecule has 0 saturated carbocycles. The van der Waals surface area contributed by atoms with Crippen LogP contribution in [0, 0.1) is 0 Å². The fraction of sp³-hybridized carbons (Fsp3) is 0.200. The van der Waals surface area contributed by atoms with Gasteiger partial charge in [0.25, 0.3) is 0 Å². The number of phenolic OH excluding ortho intramolecular Hbond substituents is 1. The van der Waals surface area contributed by atoms with Crippen molar-refractivity contribution in [1.29, 1.82) is 0 Å². The Morgan fingerprint density at radius 1 is 1.50 bits per heavy atom. The van der Waals surface area contributed by atoms with Crippen molar-refractivity contribution in [3.05, 3.63) is 29.8 Å². The second-order valence-electron chi connectivity index (χ2n) is 2.87. The molecule has 0 spiro atoms. The number of hydrogen-bond acceptors (Lipinski definition) is 2. The number of anilines is 1. The summed E-state index contributed by atoms with van der Waals surface area (Å²) in [5, 5.41) is 12.8. The van der Waals surface area contributed by atoms with Gasteiger partial charge in [0.15, 0.2) is 0 Å². The van der Waals surface area contributed by atoms with Crippen LogP contribution in [0.3, 0.4) is 0 Å². The summed E-state index contributed by atoms with van der Waals surface area (Å²) in [4.78, 5) is 0. The lowest BCUT2D eigenvalue weighted by molar-refractivity contribution is 0.474. The molecular weight excluding hydrogens is 150 g/mol. The van der Waals surface area contributed by atoms with Gasteiger partial charge in [0.2, 0.25) is 0 Å². The van der Waals surface area contributed by atoms with Crippen LogP contribution in [0.5, 0.6) is 5.75 Å². The molecule has 2 nitrogen and oxygen atoms in total. The van der Waals surface area contributed by atoms with Crippen LogP contribution in [0.4, 0.5) is 5.69 Å². The topological polar surface area (TPSA) is 32.3 Å². The van der Waals surface area contributed by atoms with E-state index in [0.29, 0.717) is 5.75 Å². The standard InChI is InChI=1S/C10H11NO/c1-2-7-6-11-8-4-3-5-9(12)10(7)8/h2-5,11-12H,6H2,1H3. The van der Waals surface area contributed by atoms with Crippen molar-refractivity contribution >= 4 is 11.3 Å². The van der Waals surface area contributed by atoms with E-state index in [9.17, 15) is 5.11 Å². The average molecular weight is 161 g/mol. The zero-order chi connectivity index (χ0) is 8.55. The van der Waals surface area contributed by atoms with Gasteiger partial charge in [-0.05, 0) is 24.6 Å². The SMILES string of the molecule is CC=C1CNc2cccc(O)c21. The highest BCUT2D eigenvalue weighted by molar-refractivity contribution is 5.87. The number of fused-ring (bicyclic) bond motifs is 1. The maximum Gasteiger partial charge on any atom is 0.125 e. The molecule has 2 rings (SSSR count). The average Bonchev–Trinajstić information content (AvgIpc) is 2.49. The summed E-state index contributed by atoms with van der Waals surface area (Å²) in [5.41, 5.74) is 3.16. The number of rotatable bonds is 0. The molecule has 1 aromatic rings. The van der Waals surface area contributed by atoms with Gasteiger partial charge in [0.05, 0.1) is 0 Å². The monoisotopic (exact) mass is 161 g/mol. The molecule has 2 N–H and O–H groups in total. The summed E-state index contributed by atoms with van der Waals surface area (Å²) in [5.74, 6) is 0.366. The van der Waals surface area contributed by atoms with Crippen molar-refractivity contribution in [3.8, 4) is 5.75 Å². The van der Waals surface area contributed by atoms with Gasteiger partial charge in [0.1, 0.15) is 5.75 Å². The molecular formula is C10H11NO. The van der Waals surface area contributed by atoms with Crippen LogP contribution < -0.4 is 5.32 Å². The smallest absolute Gasteiger partial charge is 0.125 e. The van der Waals surface area contributed by atoms with Gasteiger partial charge >= 0.3 is 0 Å². The minimum Gasteiger partial charge on any atom is -0.507 e. The Morgan fingerprint density at radius 2 is 2.33 bits per heavy atom. The van der Waals surface area contributed by atoms with E-state index in [1.54, 1.807) is 6.07 Å². The summed E-state index contributed by atoms with van der Waals surface area (Å²) in [7, 11) is 0. The van der Waals surface area contributed by atoms with Crippen molar-refractivity contribution < 1.29 is 5.11 Å². The fourth-order valence-corrected chi connectivity index (χ4v) is 1.55. The van der Waals surface area contributed by atoms with Crippen LogP contribution in [-0.4, -0.2) is 11.7 Å². The maximum absolute atomic E-state index is 9.55. The molecule has 0 aromatic heterocycles. The fourth-order valence-electron chi connectivity index (χ4n) is 1.55. The second-order valence-corrected chi connectivity index (χ2v) is 2.87. The van der Waals surface area contributed by atoms with E-state index in [1.807, 2.05) is 25.1 Å². The van der Waals surface area contributed by atoms with E-state index in [4.69, 9.17) is 0 Å². The van der Waals surface area contributed by atoms with Crippen molar-refractivity contribution in [3.63, 3.8) is 0 Å². The van der Waals surface area contributed by atoms with Crippen LogP contribution in [0.25, 0.3) is 5.57 Å². The predicted molar refractivity (Wildman–Crippen MR) is 50.2 cm³/mol. The minimum absolute atomic E-state index is 0.366. The Hall–Kier alpha value is -1.44. The van der Waals surface area contributed by atoms with E-state index < -0.39 is 0 Å². The van der Waals surface area contributed by atoms with Crippen molar-refractivity contribution in [2.24, 2.45) is 0 Å². The molecule has 0 unspecified atom stereocenters. The molecule has 0 saturated heterocycles. The summed E-state index contributed by atoms with van der Waals surface area (Å²) in [6.45, 7) is 2.81. The van der Waals surface area contributed by atoms with Gasteiger partial charge < -0.3 is 10.4 Å². The first kappa shape index (κ1) is 7.22. The third-order valence-electron chi connectivity index (χ3n) is 2.18. The van der Waals surface area contributed by atoms with E-state index >= 15 is 0 Å². The molecule has 1 heterocycles. The second kappa shape index (κ2) is 2.55. The van der Waals surface area contributed by atoms with Crippen LogP contribution >= 0.6 is 0 Å². The number of nitrogens with one attached hydrogen (secondary N) is 1. The molecule has 0 atom stereocenters. The van der Waals surface area contributed by atoms with Gasteiger partial charge in [-0.15, -0.1) is 0 Å². The lowest BCUT2D eigenvalue weighted by Gasteiger charge is -2.00. The van der Waals surface area contributed by atoms with Crippen LogP contribution in [0.1, 0.15) is 12.5 Å². The number of benzene rings is 1. The van der Waals surface area contributed by atoms with Crippen molar-refractivity contribution in [2.45, 2.75) is 6.92 Å². The third-order valence-corrected chi connectivity index (χ3v) is 2.18. The number of aromatic hydroxyl groups is 1. The molecule has 12 heavy (non-hydrogen) atoms. The molecule has 0 amide bonds. The Bertz CT molecular complexity index is 342. The largest absolute Gasteiger partial charge is 0.507 e. The normalized spacial score (nSPS) is 17.6. The molecule has 62 valence electrons. The van der Waals surface area contributed by atoms with E-state index in [-0.39, 0.29) is 0 Å². The number of hydrogen-bond donors (Lipinski definition) is 2. The first-order chi connectivity index (χ1) is 5.83. The Kier molecular flexibility index (Phi) is 1.54. The predicted octanol–water partition coefficient (Wildman–Crippen LogP) is 2.22. The van der Waals surface area contributed by atoms with E-state index in [0.717, 1.165) is 17.8 Å². The zero-order valence-electron chi connectivity index (χ0n) is 6.96. The summed E-state index contributed by atoms with van der Waals surface area (Å²) >= 11 is 0. The number of phenols is 1. The highest BCUT2D eigenvalue weighted by Gasteiger charge is 2.17. The van der Waals surface area contributed by atoms with Gasteiger partial charge in [-0.3, -0.25) is 0 Å². The summed E-state index contributed by atoms with van der Waals surface area (Å²) in [6.07, 6.45) is 2.03. The first-order valence-electron chi connectivity index (χ1n) is 4.04. The Morgan fingerprint density at radius 3 is 3.08 bits per heavy atom. The lowest BCUT2D eigenvalue weighted by atomic mass is 10.1. The number of allylic oxidation sites excluding steroid dienone is 1. The molecule has 1 aliphatic heterocycles. The zero-order valence-corrected chi connectivity index (χ0v) is 6.96. The van der Waals surface area contributed by atoms with Crippen LogP contribution in [0.2, 0.25) is 0 Å². The Labute approximate surface area is 71.5 Å². The maximum atomic E-state index is 9.55. The van der Waals surface area contributed by atoms with Gasteiger partial charge in [-0.1, -0.05) is 12.1 Å². The van der Waals surface area contributed by atoms with Crippen molar-refractivity contribution in [2.75, 3.05) is 11.9 Å². The highest BCUT2D eigenvalue weighted by Crippen LogP contribution is 2.36. The molecule has 2 heteroatoms.